The minimum Gasteiger partial charge on any atom is -0.465 e. The molecule has 0 spiro atoms. The van der Waals surface area contributed by atoms with Gasteiger partial charge in [-0.25, -0.2) is 4.79 Å². The van der Waals surface area contributed by atoms with Crippen LogP contribution in [0.15, 0.2) is 46.0 Å². The first-order valence-corrected chi connectivity index (χ1v) is 7.26. The van der Waals surface area contributed by atoms with Crippen molar-refractivity contribution in [2.45, 2.75) is 10.8 Å². The maximum Gasteiger partial charge on any atom is 0.338 e. The topological polar surface area (TPSA) is 52.1 Å². The van der Waals surface area contributed by atoms with Crippen LogP contribution in [0.5, 0.6) is 0 Å². The van der Waals surface area contributed by atoms with Crippen LogP contribution in [0.4, 0.5) is 0 Å². The van der Waals surface area contributed by atoms with Crippen molar-refractivity contribution in [3.63, 3.8) is 0 Å². The lowest BCUT2D eigenvalue weighted by atomic mass is 10.1. The van der Waals surface area contributed by atoms with Gasteiger partial charge >= 0.3 is 5.97 Å². The Morgan fingerprint density at radius 2 is 2.26 bits per heavy atom. The van der Waals surface area contributed by atoms with Gasteiger partial charge in [-0.2, -0.15) is 5.10 Å². The number of ether oxygens (including phenoxy) is 1. The third-order valence-corrected chi connectivity index (χ3v) is 3.86. The third-order valence-electron chi connectivity index (χ3n) is 2.40. The maximum atomic E-state index is 11.7. The van der Waals surface area contributed by atoms with E-state index in [4.69, 9.17) is 4.74 Å². The number of hydrogen-bond acceptors (Lipinski definition) is 5. The van der Waals surface area contributed by atoms with E-state index in [-0.39, 0.29) is 5.97 Å². The summed E-state index contributed by atoms with van der Waals surface area (Å²) in [6.07, 6.45) is 1.63. The van der Waals surface area contributed by atoms with Gasteiger partial charge in [0.25, 0.3) is 0 Å². The second-order valence-electron chi connectivity index (χ2n) is 3.64. The molecule has 0 aliphatic rings. The average Bonchev–Trinajstić information content (AvgIpc) is 2.45. The van der Waals surface area contributed by atoms with Crippen LogP contribution >= 0.6 is 27.7 Å². The molecule has 0 radical (unpaired) electrons. The van der Waals surface area contributed by atoms with Crippen molar-refractivity contribution in [3.8, 4) is 0 Å². The third kappa shape index (κ3) is 3.78. The smallest absolute Gasteiger partial charge is 0.338 e. The molecule has 98 valence electrons. The number of halogens is 1. The fraction of sp³-hybridized carbons (Fsp3) is 0.154. The predicted molar refractivity (Wildman–Crippen MR) is 77.1 cm³/mol. The van der Waals surface area contributed by atoms with Crippen molar-refractivity contribution < 1.29 is 9.53 Å². The molecule has 2 rings (SSSR count). The van der Waals surface area contributed by atoms with Crippen molar-refractivity contribution in [1.29, 1.82) is 0 Å². The number of esters is 1. The Kier molecular flexibility index (Phi) is 4.93. The molecule has 0 bridgehead atoms. The Morgan fingerprint density at radius 1 is 1.42 bits per heavy atom. The van der Waals surface area contributed by atoms with E-state index in [2.05, 4.69) is 26.1 Å². The summed E-state index contributed by atoms with van der Waals surface area (Å²) in [6.45, 7) is 0. The van der Waals surface area contributed by atoms with Gasteiger partial charge in [-0.1, -0.05) is 27.7 Å². The lowest BCUT2D eigenvalue weighted by molar-refractivity contribution is 0.0600. The number of nitrogens with zero attached hydrogens (tertiary/aromatic N) is 2. The Bertz CT molecular complexity index is 578. The second-order valence-corrected chi connectivity index (χ2v) is 5.55. The van der Waals surface area contributed by atoms with Crippen molar-refractivity contribution in [3.05, 3.63) is 52.1 Å². The Morgan fingerprint density at radius 3 is 2.95 bits per heavy atom. The molecule has 0 N–H and O–H groups in total. The number of benzene rings is 1. The van der Waals surface area contributed by atoms with Gasteiger partial charge < -0.3 is 4.74 Å². The first kappa shape index (κ1) is 14.0. The lowest BCUT2D eigenvalue weighted by Gasteiger charge is -2.08. The number of carbonyl (C=O) groups excluding carboxylic acids is 1. The molecular formula is C13H11BrN2O2S. The molecule has 4 nitrogen and oxygen atoms in total. The zero-order chi connectivity index (χ0) is 13.7. The van der Waals surface area contributed by atoms with Crippen molar-refractivity contribution in [1.82, 2.24) is 10.2 Å². The average molecular weight is 339 g/mol. The summed E-state index contributed by atoms with van der Waals surface area (Å²) in [4.78, 5) is 11.7. The number of thioether (sulfide) groups is 1. The zero-order valence-corrected chi connectivity index (χ0v) is 12.6. The van der Waals surface area contributed by atoms with Gasteiger partial charge in [-0.3, -0.25) is 0 Å². The molecule has 0 saturated carbocycles. The van der Waals surface area contributed by atoms with Gasteiger partial charge in [0.05, 0.1) is 12.7 Å². The first-order chi connectivity index (χ1) is 9.20. The Balaban J connectivity index is 2.19. The summed E-state index contributed by atoms with van der Waals surface area (Å²) < 4.78 is 5.70. The van der Waals surface area contributed by atoms with Crippen LogP contribution in [0.25, 0.3) is 0 Å². The van der Waals surface area contributed by atoms with Crippen LogP contribution in [-0.4, -0.2) is 23.3 Å². The van der Waals surface area contributed by atoms with E-state index in [0.717, 1.165) is 15.1 Å². The van der Waals surface area contributed by atoms with E-state index in [0.29, 0.717) is 11.3 Å². The number of carbonyl (C=O) groups is 1. The van der Waals surface area contributed by atoms with Crippen LogP contribution in [0.1, 0.15) is 15.9 Å². The molecule has 19 heavy (non-hydrogen) atoms. The van der Waals surface area contributed by atoms with E-state index in [1.165, 1.54) is 18.9 Å². The van der Waals surface area contributed by atoms with Gasteiger partial charge in [0.2, 0.25) is 0 Å². The van der Waals surface area contributed by atoms with Gasteiger partial charge in [0, 0.05) is 16.4 Å². The molecular weight excluding hydrogens is 328 g/mol. The molecule has 0 aliphatic carbocycles. The van der Waals surface area contributed by atoms with Crippen LogP contribution in [0.3, 0.4) is 0 Å². The van der Waals surface area contributed by atoms with E-state index in [1.807, 2.05) is 24.3 Å². The number of rotatable bonds is 4. The highest BCUT2D eigenvalue weighted by Crippen LogP contribution is 2.25. The van der Waals surface area contributed by atoms with E-state index >= 15 is 0 Å². The molecule has 0 atom stereocenters. The van der Waals surface area contributed by atoms with Crippen LogP contribution in [0, 0.1) is 0 Å². The monoisotopic (exact) mass is 338 g/mol. The normalized spacial score (nSPS) is 10.2. The summed E-state index contributed by atoms with van der Waals surface area (Å²) in [5.41, 5.74) is 1.47. The van der Waals surface area contributed by atoms with Crippen LogP contribution < -0.4 is 0 Å². The Hall–Kier alpha value is -1.40. The van der Waals surface area contributed by atoms with Crippen molar-refractivity contribution >= 4 is 33.7 Å². The van der Waals surface area contributed by atoms with Crippen LogP contribution in [-0.2, 0) is 10.5 Å². The summed E-state index contributed by atoms with van der Waals surface area (Å²) >= 11 is 4.93. The molecule has 1 heterocycles. The quantitative estimate of drug-likeness (QED) is 0.632. The summed E-state index contributed by atoms with van der Waals surface area (Å²) in [5.74, 6) is 0.296. The molecule has 1 aromatic heterocycles. The molecule has 0 unspecified atom stereocenters. The Labute approximate surface area is 123 Å². The first-order valence-electron chi connectivity index (χ1n) is 5.48. The van der Waals surface area contributed by atoms with Gasteiger partial charge in [0.15, 0.2) is 0 Å². The van der Waals surface area contributed by atoms with Gasteiger partial charge in [-0.15, -0.1) is 5.10 Å². The number of methoxy groups -OCH3 is 1. The minimum absolute atomic E-state index is 0.331. The zero-order valence-electron chi connectivity index (χ0n) is 10.2. The highest BCUT2D eigenvalue weighted by Gasteiger charge is 2.12. The molecule has 2 aromatic rings. The van der Waals surface area contributed by atoms with Crippen molar-refractivity contribution in [2.75, 3.05) is 7.11 Å². The van der Waals surface area contributed by atoms with Crippen molar-refractivity contribution in [2.24, 2.45) is 0 Å². The summed E-state index contributed by atoms with van der Waals surface area (Å²) in [5, 5.41) is 8.63. The highest BCUT2D eigenvalue weighted by molar-refractivity contribution is 9.10. The largest absolute Gasteiger partial charge is 0.465 e. The minimum atomic E-state index is -0.331. The van der Waals surface area contributed by atoms with E-state index < -0.39 is 0 Å². The van der Waals surface area contributed by atoms with E-state index in [9.17, 15) is 4.79 Å². The molecule has 0 saturated heterocycles. The van der Waals surface area contributed by atoms with Crippen LogP contribution in [0.2, 0.25) is 0 Å². The summed E-state index contributed by atoms with van der Waals surface area (Å²) in [6, 6.07) is 9.20. The molecule has 0 aliphatic heterocycles. The molecule has 6 heteroatoms. The maximum absolute atomic E-state index is 11.7. The second kappa shape index (κ2) is 6.68. The SMILES string of the molecule is COC(=O)c1ccc(Br)cc1CSc1cccnn1. The number of aromatic nitrogens is 2. The lowest BCUT2D eigenvalue weighted by Crippen LogP contribution is -2.05. The molecule has 0 amide bonds. The standard InChI is InChI=1S/C13H11BrN2O2S/c1-18-13(17)11-5-4-10(14)7-9(11)8-19-12-3-2-6-15-16-12/h2-7H,8H2,1H3. The van der Waals surface area contributed by atoms with E-state index in [1.54, 1.807) is 12.3 Å². The molecule has 1 aromatic carbocycles. The molecule has 0 fully saturated rings. The van der Waals surface area contributed by atoms with Gasteiger partial charge in [-0.05, 0) is 35.9 Å². The predicted octanol–water partition coefficient (Wildman–Crippen LogP) is 3.32. The fourth-order valence-electron chi connectivity index (χ4n) is 1.51. The fourth-order valence-corrected chi connectivity index (χ4v) is 2.74. The van der Waals surface area contributed by atoms with Gasteiger partial charge in [0.1, 0.15) is 5.03 Å². The number of hydrogen-bond donors (Lipinski definition) is 0. The highest BCUT2D eigenvalue weighted by atomic mass is 79.9. The summed E-state index contributed by atoms with van der Waals surface area (Å²) in [7, 11) is 1.38.